The van der Waals surface area contributed by atoms with Gasteiger partial charge in [-0.05, 0) is 122 Å². The van der Waals surface area contributed by atoms with Gasteiger partial charge in [-0.25, -0.2) is 4.79 Å². The second kappa shape index (κ2) is 11.6. The maximum absolute atomic E-state index is 12.3. The molecule has 2 unspecified atom stereocenters. The highest BCUT2D eigenvalue weighted by Crippen LogP contribution is 2.69. The third-order valence-corrected chi connectivity index (χ3v) is 13.2. The van der Waals surface area contributed by atoms with Gasteiger partial charge in [0, 0.05) is 6.54 Å². The predicted octanol–water partition coefficient (Wildman–Crippen LogP) is 6.95. The van der Waals surface area contributed by atoms with E-state index in [9.17, 15) is 15.0 Å². The summed E-state index contributed by atoms with van der Waals surface area (Å²) in [5.41, 5.74) is 0.522. The zero-order chi connectivity index (χ0) is 27.1. The summed E-state index contributed by atoms with van der Waals surface area (Å²) in [6.07, 6.45) is 15.5. The van der Waals surface area contributed by atoms with Gasteiger partial charge in [0.15, 0.2) is 0 Å². The molecule has 5 nitrogen and oxygen atoms in total. The lowest BCUT2D eigenvalue weighted by Crippen LogP contribution is -2.62. The van der Waals surface area contributed by atoms with E-state index in [0.29, 0.717) is 54.0 Å². The second-order valence-electron chi connectivity index (χ2n) is 14.9. The van der Waals surface area contributed by atoms with Crippen LogP contribution in [-0.4, -0.2) is 41.7 Å². The number of fused-ring (bicyclic) bond motifs is 5. The van der Waals surface area contributed by atoms with Crippen LogP contribution >= 0.6 is 0 Å². The molecule has 0 bridgehead atoms. The molecule has 0 aromatic rings. The monoisotopic (exact) mass is 531 g/mol. The van der Waals surface area contributed by atoms with E-state index in [0.717, 1.165) is 38.6 Å². The lowest BCUT2D eigenvalue weighted by molar-refractivity contribution is -0.203. The van der Waals surface area contributed by atoms with E-state index in [4.69, 9.17) is 4.74 Å². The number of alkyl carbamates (subject to hydrolysis) is 1. The largest absolute Gasteiger partial charge is 0.450 e. The smallest absolute Gasteiger partial charge is 0.407 e. The average molecular weight is 532 g/mol. The van der Waals surface area contributed by atoms with Gasteiger partial charge in [0.2, 0.25) is 0 Å². The number of hydrogen-bond donors (Lipinski definition) is 3. The van der Waals surface area contributed by atoms with Gasteiger partial charge in [-0.2, -0.15) is 0 Å². The van der Waals surface area contributed by atoms with E-state index in [-0.39, 0.29) is 29.1 Å². The van der Waals surface area contributed by atoms with E-state index in [1.165, 1.54) is 57.8 Å². The van der Waals surface area contributed by atoms with Crippen LogP contribution in [0.15, 0.2) is 0 Å². The normalized spacial score (nSPS) is 45.9. The van der Waals surface area contributed by atoms with Crippen molar-refractivity contribution in [3.63, 3.8) is 0 Å². The Labute approximate surface area is 232 Å². The zero-order valence-electron chi connectivity index (χ0n) is 24.8. The first-order valence-corrected chi connectivity index (χ1v) is 16.5. The number of aliphatic hydroxyl groups excluding tert-OH is 2. The van der Waals surface area contributed by atoms with E-state index >= 15 is 0 Å². The molecule has 5 rings (SSSR count). The molecule has 11 atom stereocenters. The molecule has 3 N–H and O–H groups in total. The second-order valence-corrected chi connectivity index (χ2v) is 14.9. The van der Waals surface area contributed by atoms with E-state index in [1.54, 1.807) is 0 Å². The molecule has 5 fully saturated rings. The molecule has 38 heavy (non-hydrogen) atoms. The van der Waals surface area contributed by atoms with Crippen LogP contribution < -0.4 is 5.32 Å². The summed E-state index contributed by atoms with van der Waals surface area (Å²) < 4.78 is 5.63. The summed E-state index contributed by atoms with van der Waals surface area (Å²) in [6, 6.07) is 0. The summed E-state index contributed by atoms with van der Waals surface area (Å²) in [4.78, 5) is 12.3. The maximum Gasteiger partial charge on any atom is 0.407 e. The molecular formula is C33H57NO4. The van der Waals surface area contributed by atoms with Gasteiger partial charge < -0.3 is 20.3 Å². The van der Waals surface area contributed by atoms with Crippen LogP contribution in [0.3, 0.4) is 0 Å². The molecule has 218 valence electrons. The van der Waals surface area contributed by atoms with Crippen molar-refractivity contribution in [3.8, 4) is 0 Å². The Kier molecular flexibility index (Phi) is 8.75. The molecule has 0 aromatic heterocycles. The molecule has 0 radical (unpaired) electrons. The fraction of sp³-hybridized carbons (Fsp3) is 0.970. The minimum Gasteiger partial charge on any atom is -0.450 e. The molecule has 5 aliphatic carbocycles. The van der Waals surface area contributed by atoms with Crippen LogP contribution in [0.1, 0.15) is 118 Å². The number of rotatable bonds is 7. The van der Waals surface area contributed by atoms with Gasteiger partial charge in [0.1, 0.15) is 0 Å². The highest BCUT2D eigenvalue weighted by atomic mass is 16.5. The maximum atomic E-state index is 12.3. The molecule has 5 saturated carbocycles. The number of ether oxygens (including phenoxy) is 1. The third-order valence-electron chi connectivity index (χ3n) is 13.2. The zero-order valence-corrected chi connectivity index (χ0v) is 24.8. The van der Waals surface area contributed by atoms with Gasteiger partial charge in [-0.15, -0.1) is 0 Å². The van der Waals surface area contributed by atoms with Crippen molar-refractivity contribution in [2.75, 3.05) is 13.2 Å². The number of carbonyl (C=O) groups excluding carboxylic acids is 1. The summed E-state index contributed by atoms with van der Waals surface area (Å²) in [5.74, 6) is 4.11. The van der Waals surface area contributed by atoms with E-state index in [2.05, 4.69) is 33.0 Å². The van der Waals surface area contributed by atoms with Crippen LogP contribution in [0.25, 0.3) is 0 Å². The first kappa shape index (κ1) is 28.7. The Morgan fingerprint density at radius 2 is 1.66 bits per heavy atom. The summed E-state index contributed by atoms with van der Waals surface area (Å²) in [7, 11) is 0. The minimum absolute atomic E-state index is 0.187. The van der Waals surface area contributed by atoms with Crippen LogP contribution in [0, 0.1) is 58.2 Å². The Bertz CT molecular complexity index is 813. The molecular weight excluding hydrogens is 474 g/mol. The Hall–Kier alpha value is -0.810. The van der Waals surface area contributed by atoms with Crippen molar-refractivity contribution in [1.82, 2.24) is 5.32 Å². The number of carbonyl (C=O) groups is 1. The number of hydrogen-bond acceptors (Lipinski definition) is 4. The first-order valence-electron chi connectivity index (χ1n) is 16.5. The molecule has 0 saturated heterocycles. The van der Waals surface area contributed by atoms with Crippen LogP contribution in [0.4, 0.5) is 4.79 Å². The van der Waals surface area contributed by atoms with E-state index < -0.39 is 0 Å². The van der Waals surface area contributed by atoms with Gasteiger partial charge in [0.05, 0.1) is 18.8 Å². The van der Waals surface area contributed by atoms with Crippen molar-refractivity contribution >= 4 is 6.09 Å². The number of amides is 1. The predicted molar refractivity (Wildman–Crippen MR) is 151 cm³/mol. The molecule has 0 aliphatic heterocycles. The number of aliphatic hydroxyl groups is 2. The Morgan fingerprint density at radius 1 is 0.947 bits per heavy atom. The Balaban J connectivity index is 1.19. The molecule has 5 aliphatic rings. The standard InChI is InChI=1S/C33H57NO4/c1-5-24-28-19-23(35)13-16-33(28,4)27-14-17-32(3)25(11-12-26(32)29(27)30(24)36)21(2)15-18-38-31(37)34-20-22-9-7-6-8-10-22/h21-30,35-36H,5-20H2,1-4H3,(H,34,37)/t21-,23-,24-,25-,26+,27+,28?,29+,30-,32-,33?/m1/s1. The summed E-state index contributed by atoms with van der Waals surface area (Å²) in [6.45, 7) is 10.9. The lowest BCUT2D eigenvalue weighted by Gasteiger charge is -2.64. The van der Waals surface area contributed by atoms with Gasteiger partial charge in [-0.3, -0.25) is 0 Å². The van der Waals surface area contributed by atoms with Gasteiger partial charge in [-0.1, -0.05) is 53.4 Å². The van der Waals surface area contributed by atoms with Crippen molar-refractivity contribution in [3.05, 3.63) is 0 Å². The fourth-order valence-electron chi connectivity index (χ4n) is 11.1. The van der Waals surface area contributed by atoms with Gasteiger partial charge >= 0.3 is 6.09 Å². The van der Waals surface area contributed by atoms with Crippen LogP contribution in [-0.2, 0) is 4.74 Å². The third kappa shape index (κ3) is 5.17. The molecule has 1 amide bonds. The molecule has 0 aromatic carbocycles. The van der Waals surface area contributed by atoms with Crippen LogP contribution in [0.5, 0.6) is 0 Å². The van der Waals surface area contributed by atoms with Crippen LogP contribution in [0.2, 0.25) is 0 Å². The summed E-state index contributed by atoms with van der Waals surface area (Å²) >= 11 is 0. The SMILES string of the molecule is CC[C@@H]1C2C[C@H](O)CCC2(C)[C@H]2CC[C@]3(C)[C@@H]([C@H](C)CCOC(=O)NCC4CCCCC4)CC[C@H]3[C@@H]2[C@@H]1O. The lowest BCUT2D eigenvalue weighted by atomic mass is 9.41. The highest BCUT2D eigenvalue weighted by Gasteiger charge is 2.64. The first-order chi connectivity index (χ1) is 18.2. The molecule has 0 heterocycles. The average Bonchev–Trinajstić information content (AvgIpc) is 3.26. The van der Waals surface area contributed by atoms with Crippen molar-refractivity contribution in [2.45, 2.75) is 130 Å². The molecule has 5 heteroatoms. The highest BCUT2D eigenvalue weighted by molar-refractivity contribution is 5.67. The minimum atomic E-state index is -0.241. The molecule has 0 spiro atoms. The van der Waals surface area contributed by atoms with Crippen molar-refractivity contribution in [2.24, 2.45) is 58.2 Å². The number of nitrogens with one attached hydrogen (secondary N) is 1. The summed E-state index contributed by atoms with van der Waals surface area (Å²) in [5, 5.41) is 25.4. The Morgan fingerprint density at radius 3 is 2.39 bits per heavy atom. The quantitative estimate of drug-likeness (QED) is 0.332. The van der Waals surface area contributed by atoms with Gasteiger partial charge in [0.25, 0.3) is 0 Å². The van der Waals surface area contributed by atoms with Crippen molar-refractivity contribution < 1.29 is 19.7 Å². The fourth-order valence-corrected chi connectivity index (χ4v) is 11.1. The van der Waals surface area contributed by atoms with Crippen molar-refractivity contribution in [1.29, 1.82) is 0 Å². The van der Waals surface area contributed by atoms with E-state index in [1.807, 2.05) is 0 Å². The topological polar surface area (TPSA) is 78.8 Å².